The maximum Gasteiger partial charge on any atom is 0.231 e. The Morgan fingerprint density at radius 3 is 2.75 bits per heavy atom. The smallest absolute Gasteiger partial charge is 0.231 e. The summed E-state index contributed by atoms with van der Waals surface area (Å²) in [7, 11) is 0. The first-order chi connectivity index (χ1) is 11.8. The number of thioether (sulfide) groups is 1. The number of para-hydroxylation sites is 2. The molecule has 24 heavy (non-hydrogen) atoms. The number of aromatic nitrogens is 4. The summed E-state index contributed by atoms with van der Waals surface area (Å²) in [5, 5.41) is 8.18. The van der Waals surface area contributed by atoms with Gasteiger partial charge in [-0.05, 0) is 18.6 Å². The van der Waals surface area contributed by atoms with E-state index in [-0.39, 0.29) is 5.78 Å². The van der Waals surface area contributed by atoms with Crippen LogP contribution >= 0.6 is 11.8 Å². The molecule has 0 bridgehead atoms. The van der Waals surface area contributed by atoms with Gasteiger partial charge in [-0.15, -0.1) is 5.10 Å². The SMILES string of the molecule is O=C(CCCSc1n[nH]c2nc3ccccc3n12)c1ccccc1. The summed E-state index contributed by atoms with van der Waals surface area (Å²) in [5.74, 6) is 1.78. The van der Waals surface area contributed by atoms with E-state index in [9.17, 15) is 4.79 Å². The van der Waals surface area contributed by atoms with Gasteiger partial charge in [0.15, 0.2) is 10.9 Å². The molecule has 0 spiro atoms. The number of hydrogen-bond donors (Lipinski definition) is 1. The highest BCUT2D eigenvalue weighted by Gasteiger charge is 2.12. The third kappa shape index (κ3) is 2.80. The number of Topliss-reactive ketones (excluding diaryl/α,β-unsaturated/α-hetero) is 1. The average molecular weight is 336 g/mol. The minimum atomic E-state index is 0.191. The second-order valence-electron chi connectivity index (χ2n) is 5.51. The first-order valence-corrected chi connectivity index (χ1v) is 8.84. The van der Waals surface area contributed by atoms with Crippen LogP contribution in [0.15, 0.2) is 59.8 Å². The lowest BCUT2D eigenvalue weighted by atomic mass is 10.1. The van der Waals surface area contributed by atoms with E-state index in [0.717, 1.165) is 39.7 Å². The third-order valence-corrected chi connectivity index (χ3v) is 4.90. The molecule has 1 N–H and O–H groups in total. The Morgan fingerprint density at radius 1 is 1.08 bits per heavy atom. The number of hydrogen-bond acceptors (Lipinski definition) is 4. The van der Waals surface area contributed by atoms with E-state index >= 15 is 0 Å². The van der Waals surface area contributed by atoms with Crippen molar-refractivity contribution < 1.29 is 4.79 Å². The van der Waals surface area contributed by atoms with Gasteiger partial charge < -0.3 is 0 Å². The summed E-state index contributed by atoms with van der Waals surface area (Å²) < 4.78 is 2.03. The van der Waals surface area contributed by atoms with Crippen LogP contribution in [0.3, 0.4) is 0 Å². The van der Waals surface area contributed by atoms with Gasteiger partial charge in [0.05, 0.1) is 11.0 Å². The van der Waals surface area contributed by atoms with Crippen molar-refractivity contribution in [1.82, 2.24) is 19.6 Å². The van der Waals surface area contributed by atoms with E-state index in [4.69, 9.17) is 0 Å². The number of imidazole rings is 1. The van der Waals surface area contributed by atoms with Crippen LogP contribution in [0.1, 0.15) is 23.2 Å². The van der Waals surface area contributed by atoms with Crippen molar-refractivity contribution in [3.8, 4) is 0 Å². The van der Waals surface area contributed by atoms with Crippen molar-refractivity contribution in [2.24, 2.45) is 0 Å². The van der Waals surface area contributed by atoms with Gasteiger partial charge in [-0.25, -0.2) is 10.1 Å². The van der Waals surface area contributed by atoms with Crippen LogP contribution < -0.4 is 0 Å². The van der Waals surface area contributed by atoms with E-state index in [1.54, 1.807) is 11.8 Å². The van der Waals surface area contributed by atoms with E-state index in [1.807, 2.05) is 59.0 Å². The first kappa shape index (κ1) is 15.0. The van der Waals surface area contributed by atoms with Gasteiger partial charge in [-0.2, -0.15) is 0 Å². The summed E-state index contributed by atoms with van der Waals surface area (Å²) in [6, 6.07) is 17.4. The molecule has 5 nitrogen and oxygen atoms in total. The lowest BCUT2D eigenvalue weighted by Gasteiger charge is -2.01. The van der Waals surface area contributed by atoms with Gasteiger partial charge in [-0.1, -0.05) is 54.2 Å². The summed E-state index contributed by atoms with van der Waals surface area (Å²) >= 11 is 1.64. The molecule has 2 heterocycles. The van der Waals surface area contributed by atoms with Crippen LogP contribution in [0, 0.1) is 0 Å². The molecule has 2 aromatic carbocycles. The number of fused-ring (bicyclic) bond motifs is 3. The minimum Gasteiger partial charge on any atom is -0.294 e. The van der Waals surface area contributed by atoms with Gasteiger partial charge in [0.2, 0.25) is 5.78 Å². The number of H-pyrrole nitrogens is 1. The molecule has 0 atom stereocenters. The summed E-state index contributed by atoms with van der Waals surface area (Å²) in [6.07, 6.45) is 1.37. The Bertz CT molecular complexity index is 990. The number of ketones is 1. The molecule has 0 fully saturated rings. The fourth-order valence-corrected chi connectivity index (χ4v) is 3.60. The zero-order valence-corrected chi connectivity index (χ0v) is 13.8. The normalized spacial score (nSPS) is 11.3. The van der Waals surface area contributed by atoms with E-state index < -0.39 is 0 Å². The van der Waals surface area contributed by atoms with Gasteiger partial charge >= 0.3 is 0 Å². The monoisotopic (exact) mass is 336 g/mol. The molecule has 4 rings (SSSR count). The van der Waals surface area contributed by atoms with Crippen LogP contribution in [0.2, 0.25) is 0 Å². The van der Waals surface area contributed by atoms with E-state index in [0.29, 0.717) is 6.42 Å². The standard InChI is InChI=1S/C18H16N4OS/c23-16(13-7-2-1-3-8-13)11-6-12-24-18-21-20-17-19-14-9-4-5-10-15(14)22(17)18/h1-5,7-10H,6,11-12H2,(H,19,20). The first-order valence-electron chi connectivity index (χ1n) is 7.85. The van der Waals surface area contributed by atoms with Crippen LogP contribution in [-0.2, 0) is 0 Å². The highest BCUT2D eigenvalue weighted by Crippen LogP contribution is 2.23. The molecule has 6 heteroatoms. The van der Waals surface area contributed by atoms with Gasteiger partial charge in [0.25, 0.3) is 0 Å². The van der Waals surface area contributed by atoms with Crippen molar-refractivity contribution in [3.05, 3.63) is 60.2 Å². The molecule has 2 aromatic heterocycles. The number of benzene rings is 2. The quantitative estimate of drug-likeness (QED) is 0.329. The Kier molecular flexibility index (Phi) is 4.04. The van der Waals surface area contributed by atoms with Crippen LogP contribution in [-0.4, -0.2) is 31.1 Å². The second-order valence-corrected chi connectivity index (χ2v) is 6.57. The molecule has 0 radical (unpaired) electrons. The molecular weight excluding hydrogens is 320 g/mol. The molecule has 0 aliphatic carbocycles. The number of nitrogens with one attached hydrogen (secondary N) is 1. The van der Waals surface area contributed by atoms with Crippen molar-refractivity contribution in [3.63, 3.8) is 0 Å². The number of carbonyl (C=O) groups is 1. The van der Waals surface area contributed by atoms with Gasteiger partial charge in [0, 0.05) is 17.7 Å². The van der Waals surface area contributed by atoms with Gasteiger partial charge in [0.1, 0.15) is 0 Å². The highest BCUT2D eigenvalue weighted by molar-refractivity contribution is 7.99. The lowest BCUT2D eigenvalue weighted by molar-refractivity contribution is 0.0982. The molecular formula is C18H16N4OS. The topological polar surface area (TPSA) is 63.0 Å². The molecule has 4 aromatic rings. The van der Waals surface area contributed by atoms with Crippen LogP contribution in [0.4, 0.5) is 0 Å². The molecule has 120 valence electrons. The maximum absolute atomic E-state index is 12.1. The second kappa shape index (κ2) is 6.49. The molecule has 0 unspecified atom stereocenters. The number of carbonyl (C=O) groups excluding carboxylic acids is 1. The third-order valence-electron chi connectivity index (χ3n) is 3.88. The van der Waals surface area contributed by atoms with Crippen LogP contribution in [0.5, 0.6) is 0 Å². The Hall–Kier alpha value is -2.60. The molecule has 0 amide bonds. The Morgan fingerprint density at radius 2 is 1.88 bits per heavy atom. The number of aromatic amines is 1. The van der Waals surface area contributed by atoms with Crippen molar-refractivity contribution in [1.29, 1.82) is 0 Å². The largest absolute Gasteiger partial charge is 0.294 e. The molecule has 0 saturated carbocycles. The van der Waals surface area contributed by atoms with Crippen molar-refractivity contribution >= 4 is 34.4 Å². The summed E-state index contributed by atoms with van der Waals surface area (Å²) in [5.41, 5.74) is 2.78. The summed E-state index contributed by atoms with van der Waals surface area (Å²) in [4.78, 5) is 16.6. The van der Waals surface area contributed by atoms with Gasteiger partial charge in [-0.3, -0.25) is 9.20 Å². The predicted molar refractivity (Wildman–Crippen MR) is 95.6 cm³/mol. The van der Waals surface area contributed by atoms with Crippen molar-refractivity contribution in [2.45, 2.75) is 18.0 Å². The average Bonchev–Trinajstić information content (AvgIpc) is 3.18. The Balaban J connectivity index is 1.41. The lowest BCUT2D eigenvalue weighted by Crippen LogP contribution is -1.99. The fourth-order valence-electron chi connectivity index (χ4n) is 2.70. The zero-order valence-electron chi connectivity index (χ0n) is 13.0. The van der Waals surface area contributed by atoms with Crippen LogP contribution in [0.25, 0.3) is 16.8 Å². The Labute approximate surface area is 143 Å². The minimum absolute atomic E-state index is 0.191. The number of rotatable bonds is 6. The highest BCUT2D eigenvalue weighted by atomic mass is 32.2. The van der Waals surface area contributed by atoms with Crippen molar-refractivity contribution in [2.75, 3.05) is 5.75 Å². The maximum atomic E-state index is 12.1. The predicted octanol–water partition coefficient (Wildman–Crippen LogP) is 3.97. The van der Waals surface area contributed by atoms with E-state index in [1.165, 1.54) is 0 Å². The van der Waals surface area contributed by atoms with E-state index in [2.05, 4.69) is 15.2 Å². The molecule has 0 aliphatic heterocycles. The number of nitrogens with zero attached hydrogens (tertiary/aromatic N) is 3. The molecule has 0 aliphatic rings. The fraction of sp³-hybridized carbons (Fsp3) is 0.167. The molecule has 0 saturated heterocycles. The summed E-state index contributed by atoms with van der Waals surface area (Å²) in [6.45, 7) is 0. The zero-order chi connectivity index (χ0) is 16.4.